The minimum atomic E-state index is -0.532. The molecule has 2 amide bonds. The molecule has 0 aliphatic rings. The van der Waals surface area contributed by atoms with Crippen LogP contribution in [0.4, 0.5) is 0 Å². The molecule has 0 fully saturated rings. The summed E-state index contributed by atoms with van der Waals surface area (Å²) in [6.45, 7) is 8.15. The molecular formula is C24H31ClN2O2S. The Labute approximate surface area is 189 Å². The van der Waals surface area contributed by atoms with E-state index in [0.29, 0.717) is 23.7 Å². The second kappa shape index (κ2) is 12.0. The highest BCUT2D eigenvalue weighted by Gasteiger charge is 2.29. The zero-order valence-electron chi connectivity index (χ0n) is 18.2. The Balaban J connectivity index is 2.16. The van der Waals surface area contributed by atoms with Crippen molar-refractivity contribution in [1.29, 1.82) is 0 Å². The first kappa shape index (κ1) is 24.3. The first-order chi connectivity index (χ1) is 14.3. The van der Waals surface area contributed by atoms with E-state index < -0.39 is 6.04 Å². The number of carbonyl (C=O) groups excluding carboxylic acids is 2. The molecular weight excluding hydrogens is 416 g/mol. The van der Waals surface area contributed by atoms with E-state index in [1.54, 1.807) is 16.7 Å². The zero-order chi connectivity index (χ0) is 22.1. The zero-order valence-corrected chi connectivity index (χ0v) is 19.7. The third-order valence-electron chi connectivity index (χ3n) is 4.86. The van der Waals surface area contributed by atoms with E-state index in [1.807, 2.05) is 57.2 Å². The first-order valence-electron chi connectivity index (χ1n) is 10.3. The van der Waals surface area contributed by atoms with Crippen molar-refractivity contribution in [1.82, 2.24) is 10.2 Å². The van der Waals surface area contributed by atoms with Gasteiger partial charge in [-0.2, -0.15) is 0 Å². The predicted octanol–water partition coefficient (Wildman–Crippen LogP) is 5.21. The normalized spacial score (nSPS) is 11.9. The smallest absolute Gasteiger partial charge is 0.243 e. The van der Waals surface area contributed by atoms with Gasteiger partial charge in [0.25, 0.3) is 0 Å². The number of thioether (sulfide) groups is 1. The number of hydrogen-bond donors (Lipinski definition) is 1. The molecule has 1 atom stereocenters. The van der Waals surface area contributed by atoms with Gasteiger partial charge in [-0.3, -0.25) is 9.59 Å². The minimum Gasteiger partial charge on any atom is -0.352 e. The summed E-state index contributed by atoms with van der Waals surface area (Å²) in [5.41, 5.74) is 3.28. The summed E-state index contributed by atoms with van der Waals surface area (Å²) in [6.07, 6.45) is 0.539. The Morgan fingerprint density at radius 3 is 2.30 bits per heavy atom. The maximum Gasteiger partial charge on any atom is 0.243 e. The number of halogens is 1. The van der Waals surface area contributed by atoms with Crippen molar-refractivity contribution in [2.75, 3.05) is 5.75 Å². The molecule has 6 heteroatoms. The lowest BCUT2D eigenvalue weighted by Gasteiger charge is -2.31. The average Bonchev–Trinajstić information content (AvgIpc) is 2.70. The van der Waals surface area contributed by atoms with E-state index in [2.05, 4.69) is 24.4 Å². The van der Waals surface area contributed by atoms with Crippen LogP contribution < -0.4 is 5.32 Å². The molecule has 2 rings (SSSR count). The maximum atomic E-state index is 13.2. The molecule has 2 aromatic rings. The fourth-order valence-corrected chi connectivity index (χ4v) is 4.40. The fraction of sp³-hybridized carbons (Fsp3) is 0.417. The van der Waals surface area contributed by atoms with Crippen molar-refractivity contribution >= 4 is 35.2 Å². The number of hydrogen-bond acceptors (Lipinski definition) is 3. The van der Waals surface area contributed by atoms with Crippen molar-refractivity contribution in [3.63, 3.8) is 0 Å². The Bertz CT molecular complexity index is 857. The molecule has 0 spiro atoms. The van der Waals surface area contributed by atoms with Crippen LogP contribution in [-0.4, -0.2) is 34.6 Å². The van der Waals surface area contributed by atoms with Crippen LogP contribution in [0, 0.1) is 6.92 Å². The maximum absolute atomic E-state index is 13.2. The number of nitrogens with one attached hydrogen (secondary N) is 1. The molecule has 0 saturated carbocycles. The molecule has 0 bridgehead atoms. The standard InChI is InChI=1S/C24H31ClN2O2S/c1-5-22(24(29)26-17(2)3)27(14-19-11-8-9-13-21(19)25)23(28)16-30-15-20-12-7-6-10-18(20)4/h6-13,17,22H,5,14-16H2,1-4H3,(H,26,29)/t22-/m0/s1. The van der Waals surface area contributed by atoms with Crippen molar-refractivity contribution in [2.24, 2.45) is 0 Å². The van der Waals surface area contributed by atoms with Gasteiger partial charge in [0.2, 0.25) is 11.8 Å². The van der Waals surface area contributed by atoms with Crippen LogP contribution in [0.3, 0.4) is 0 Å². The number of amides is 2. The lowest BCUT2D eigenvalue weighted by atomic mass is 10.1. The van der Waals surface area contributed by atoms with Crippen molar-refractivity contribution in [2.45, 2.75) is 58.5 Å². The van der Waals surface area contributed by atoms with Crippen LogP contribution in [0.5, 0.6) is 0 Å². The number of aryl methyl sites for hydroxylation is 1. The Morgan fingerprint density at radius 1 is 1.07 bits per heavy atom. The third-order valence-corrected chi connectivity index (χ3v) is 6.19. The molecule has 0 saturated heterocycles. The second-order valence-corrected chi connectivity index (χ2v) is 9.01. The summed E-state index contributed by atoms with van der Waals surface area (Å²) in [6, 6.07) is 15.1. The highest BCUT2D eigenvalue weighted by Crippen LogP contribution is 2.22. The molecule has 0 unspecified atom stereocenters. The van der Waals surface area contributed by atoms with E-state index in [4.69, 9.17) is 11.6 Å². The van der Waals surface area contributed by atoms with E-state index in [1.165, 1.54) is 11.1 Å². The topological polar surface area (TPSA) is 49.4 Å². The largest absolute Gasteiger partial charge is 0.352 e. The monoisotopic (exact) mass is 446 g/mol. The van der Waals surface area contributed by atoms with Gasteiger partial charge in [-0.25, -0.2) is 0 Å². The summed E-state index contributed by atoms with van der Waals surface area (Å²) in [7, 11) is 0. The molecule has 4 nitrogen and oxygen atoms in total. The summed E-state index contributed by atoms with van der Waals surface area (Å²) >= 11 is 7.91. The van der Waals surface area contributed by atoms with E-state index in [9.17, 15) is 9.59 Å². The van der Waals surface area contributed by atoms with Crippen LogP contribution in [0.1, 0.15) is 43.9 Å². The van der Waals surface area contributed by atoms with Crippen LogP contribution in [0.25, 0.3) is 0 Å². The fourth-order valence-electron chi connectivity index (χ4n) is 3.21. The Morgan fingerprint density at radius 2 is 1.70 bits per heavy atom. The van der Waals surface area contributed by atoms with Crippen LogP contribution in [0.15, 0.2) is 48.5 Å². The van der Waals surface area contributed by atoms with E-state index in [0.717, 1.165) is 11.3 Å². The summed E-state index contributed by atoms with van der Waals surface area (Å²) in [4.78, 5) is 27.7. The molecule has 162 valence electrons. The van der Waals surface area contributed by atoms with Gasteiger partial charge in [0.1, 0.15) is 6.04 Å². The van der Waals surface area contributed by atoms with Gasteiger partial charge in [0.15, 0.2) is 0 Å². The Kier molecular flexibility index (Phi) is 9.73. The van der Waals surface area contributed by atoms with Gasteiger partial charge in [-0.05, 0) is 49.9 Å². The summed E-state index contributed by atoms with van der Waals surface area (Å²) in [5, 5.41) is 3.55. The quantitative estimate of drug-likeness (QED) is 0.544. The third kappa shape index (κ3) is 7.06. The highest BCUT2D eigenvalue weighted by molar-refractivity contribution is 7.99. The molecule has 2 aromatic carbocycles. The first-order valence-corrected chi connectivity index (χ1v) is 11.8. The van der Waals surface area contributed by atoms with Gasteiger partial charge in [-0.15, -0.1) is 11.8 Å². The van der Waals surface area contributed by atoms with Crippen LogP contribution >= 0.6 is 23.4 Å². The van der Waals surface area contributed by atoms with Crippen molar-refractivity contribution < 1.29 is 9.59 Å². The molecule has 0 aliphatic heterocycles. The molecule has 30 heavy (non-hydrogen) atoms. The van der Waals surface area contributed by atoms with Gasteiger partial charge in [0.05, 0.1) is 5.75 Å². The lowest BCUT2D eigenvalue weighted by molar-refractivity contribution is -0.139. The van der Waals surface area contributed by atoms with Crippen LogP contribution in [-0.2, 0) is 21.9 Å². The van der Waals surface area contributed by atoms with Gasteiger partial charge < -0.3 is 10.2 Å². The van der Waals surface area contributed by atoms with E-state index in [-0.39, 0.29) is 17.9 Å². The molecule has 0 radical (unpaired) electrons. The number of carbonyl (C=O) groups is 2. The number of rotatable bonds is 10. The van der Waals surface area contributed by atoms with Gasteiger partial charge in [-0.1, -0.05) is 61.0 Å². The molecule has 0 heterocycles. The van der Waals surface area contributed by atoms with Crippen molar-refractivity contribution in [3.05, 3.63) is 70.2 Å². The predicted molar refractivity (Wildman–Crippen MR) is 127 cm³/mol. The SMILES string of the molecule is CC[C@@H](C(=O)NC(C)C)N(Cc1ccccc1Cl)C(=O)CSCc1ccccc1C. The molecule has 1 N–H and O–H groups in total. The van der Waals surface area contributed by atoms with Gasteiger partial charge >= 0.3 is 0 Å². The molecule has 0 aliphatic carbocycles. The lowest BCUT2D eigenvalue weighted by Crippen LogP contribution is -2.51. The summed E-state index contributed by atoms with van der Waals surface area (Å²) in [5.74, 6) is 0.883. The molecule has 0 aromatic heterocycles. The van der Waals surface area contributed by atoms with E-state index >= 15 is 0 Å². The van der Waals surface area contributed by atoms with Crippen molar-refractivity contribution in [3.8, 4) is 0 Å². The summed E-state index contributed by atoms with van der Waals surface area (Å²) < 4.78 is 0. The van der Waals surface area contributed by atoms with Crippen LogP contribution in [0.2, 0.25) is 5.02 Å². The average molecular weight is 447 g/mol. The minimum absolute atomic E-state index is 0.0132. The highest BCUT2D eigenvalue weighted by atomic mass is 35.5. The second-order valence-electron chi connectivity index (χ2n) is 7.62. The Hall–Kier alpha value is -1.98. The number of benzene rings is 2. The van der Waals surface area contributed by atoms with Gasteiger partial charge in [0, 0.05) is 23.4 Å². The number of nitrogens with zero attached hydrogens (tertiary/aromatic N) is 1.